The van der Waals surface area contributed by atoms with Crippen molar-refractivity contribution in [2.75, 3.05) is 19.6 Å². The highest BCUT2D eigenvalue weighted by molar-refractivity contribution is 8.18. The molecule has 2 fully saturated rings. The molecule has 7 heteroatoms. The lowest BCUT2D eigenvalue weighted by Crippen LogP contribution is -2.40. The summed E-state index contributed by atoms with van der Waals surface area (Å²) in [6.07, 6.45) is 3.53. The van der Waals surface area contributed by atoms with E-state index in [9.17, 15) is 14.4 Å². The van der Waals surface area contributed by atoms with Crippen LogP contribution < -0.4 is 0 Å². The molecule has 24 heavy (non-hydrogen) atoms. The lowest BCUT2D eigenvalue weighted by Gasteiger charge is -2.18. The number of nitrogens with zero attached hydrogens (tertiary/aromatic N) is 3. The Labute approximate surface area is 143 Å². The number of hydrogen-bond acceptors (Lipinski definition) is 5. The van der Waals surface area contributed by atoms with E-state index in [-0.39, 0.29) is 12.5 Å². The lowest BCUT2D eigenvalue weighted by atomic mass is 10.1. The van der Waals surface area contributed by atoms with E-state index in [4.69, 9.17) is 5.26 Å². The maximum absolute atomic E-state index is 12.4. The van der Waals surface area contributed by atoms with Crippen LogP contribution in [0.3, 0.4) is 0 Å². The molecule has 0 unspecified atom stereocenters. The summed E-state index contributed by atoms with van der Waals surface area (Å²) in [7, 11) is 0. The molecule has 2 aliphatic rings. The fraction of sp³-hybridized carbons (Fsp3) is 0.294. The zero-order chi connectivity index (χ0) is 17.1. The average Bonchev–Trinajstić information content (AvgIpc) is 3.20. The van der Waals surface area contributed by atoms with E-state index >= 15 is 0 Å². The zero-order valence-corrected chi connectivity index (χ0v) is 13.7. The minimum atomic E-state index is -0.443. The van der Waals surface area contributed by atoms with Crippen molar-refractivity contribution in [3.8, 4) is 6.07 Å². The summed E-state index contributed by atoms with van der Waals surface area (Å²) in [5, 5.41) is 8.36. The number of likely N-dealkylation sites (tertiary alicyclic amines) is 1. The van der Waals surface area contributed by atoms with Crippen LogP contribution in [0.15, 0.2) is 29.2 Å². The second-order valence-electron chi connectivity index (χ2n) is 5.59. The van der Waals surface area contributed by atoms with Crippen LogP contribution in [0.1, 0.15) is 24.0 Å². The number of carbonyl (C=O) groups excluding carboxylic acids is 3. The van der Waals surface area contributed by atoms with Gasteiger partial charge in [-0.1, -0.05) is 12.1 Å². The van der Waals surface area contributed by atoms with Crippen molar-refractivity contribution >= 4 is 34.9 Å². The molecule has 1 aromatic rings. The van der Waals surface area contributed by atoms with Crippen LogP contribution in [0.4, 0.5) is 4.79 Å². The van der Waals surface area contributed by atoms with Crippen molar-refractivity contribution < 1.29 is 14.4 Å². The Morgan fingerprint density at radius 3 is 2.50 bits per heavy atom. The number of thioether (sulfide) groups is 1. The minimum Gasteiger partial charge on any atom is -0.341 e. The van der Waals surface area contributed by atoms with Crippen LogP contribution >= 0.6 is 11.8 Å². The maximum atomic E-state index is 12.4. The second-order valence-corrected chi connectivity index (χ2v) is 6.58. The topological polar surface area (TPSA) is 81.5 Å². The highest BCUT2D eigenvalue weighted by Crippen LogP contribution is 2.32. The van der Waals surface area contributed by atoms with Crippen LogP contribution in [0.2, 0.25) is 0 Å². The van der Waals surface area contributed by atoms with Crippen LogP contribution in [0.25, 0.3) is 6.08 Å². The quantitative estimate of drug-likeness (QED) is 0.787. The first-order valence-electron chi connectivity index (χ1n) is 7.62. The van der Waals surface area contributed by atoms with Crippen LogP contribution in [0, 0.1) is 11.3 Å². The van der Waals surface area contributed by atoms with Crippen molar-refractivity contribution in [2.24, 2.45) is 0 Å². The molecule has 0 atom stereocenters. The number of carbonyl (C=O) groups is 3. The molecule has 0 spiro atoms. The summed E-state index contributed by atoms with van der Waals surface area (Å²) in [5.41, 5.74) is 1.25. The minimum absolute atomic E-state index is 0.186. The van der Waals surface area contributed by atoms with Gasteiger partial charge < -0.3 is 4.90 Å². The smallest absolute Gasteiger partial charge is 0.294 e. The predicted molar refractivity (Wildman–Crippen MR) is 89.6 cm³/mol. The molecule has 1 aromatic carbocycles. The van der Waals surface area contributed by atoms with Crippen molar-refractivity contribution in [1.29, 1.82) is 5.26 Å². The van der Waals surface area contributed by atoms with Gasteiger partial charge in [0.1, 0.15) is 6.54 Å². The molecule has 3 rings (SSSR count). The monoisotopic (exact) mass is 341 g/mol. The molecule has 6 nitrogen and oxygen atoms in total. The van der Waals surface area contributed by atoms with Crippen LogP contribution in [0.5, 0.6) is 0 Å². The Hall–Kier alpha value is -2.59. The third kappa shape index (κ3) is 3.34. The Morgan fingerprint density at radius 2 is 1.88 bits per heavy atom. The predicted octanol–water partition coefficient (Wildman–Crippen LogP) is 2.22. The van der Waals surface area contributed by atoms with Crippen LogP contribution in [-0.4, -0.2) is 46.5 Å². The molecular formula is C17H15N3O3S. The Balaban J connectivity index is 1.72. The van der Waals surface area contributed by atoms with Crippen LogP contribution in [-0.2, 0) is 9.59 Å². The molecule has 0 saturated carbocycles. The first kappa shape index (κ1) is 16.3. The number of rotatable bonds is 3. The fourth-order valence-electron chi connectivity index (χ4n) is 2.64. The van der Waals surface area contributed by atoms with E-state index in [1.54, 1.807) is 35.2 Å². The van der Waals surface area contributed by atoms with E-state index in [0.717, 1.165) is 35.1 Å². The molecule has 3 amide bonds. The van der Waals surface area contributed by atoms with Gasteiger partial charge in [0.05, 0.1) is 16.5 Å². The molecule has 0 bridgehead atoms. The molecule has 0 radical (unpaired) electrons. The standard InChI is InChI=1S/C17H15N3O3S/c18-10-13-5-3-12(4-6-13)9-14-16(22)20(17(23)24-14)11-15(21)19-7-1-2-8-19/h3-6,9H,1-2,7-8,11H2/b14-9-. The van der Waals surface area contributed by atoms with Crippen molar-refractivity contribution in [3.05, 3.63) is 40.3 Å². The second kappa shape index (κ2) is 6.89. The van der Waals surface area contributed by atoms with E-state index in [0.29, 0.717) is 23.6 Å². The van der Waals surface area contributed by atoms with Gasteiger partial charge in [-0.25, -0.2) is 0 Å². The Bertz CT molecular complexity index is 758. The summed E-state index contributed by atoms with van der Waals surface area (Å²) in [5.74, 6) is -0.628. The van der Waals surface area contributed by atoms with E-state index in [1.807, 2.05) is 6.07 Å². The SMILES string of the molecule is N#Cc1ccc(/C=C2\SC(=O)N(CC(=O)N3CCCC3)C2=O)cc1. The molecule has 0 N–H and O–H groups in total. The Kier molecular flexibility index (Phi) is 4.67. The third-order valence-electron chi connectivity index (χ3n) is 3.96. The Morgan fingerprint density at radius 1 is 1.21 bits per heavy atom. The molecule has 2 aliphatic heterocycles. The van der Waals surface area contributed by atoms with Gasteiger partial charge in [0.2, 0.25) is 5.91 Å². The molecule has 122 valence electrons. The van der Waals surface area contributed by atoms with Gasteiger partial charge in [0, 0.05) is 13.1 Å². The first-order valence-corrected chi connectivity index (χ1v) is 8.43. The summed E-state index contributed by atoms with van der Waals surface area (Å²) in [6.45, 7) is 1.18. The summed E-state index contributed by atoms with van der Waals surface area (Å²) in [6, 6.07) is 8.73. The van der Waals surface area contributed by atoms with E-state index in [1.165, 1.54) is 0 Å². The van der Waals surface area contributed by atoms with Crippen molar-refractivity contribution in [1.82, 2.24) is 9.80 Å². The average molecular weight is 341 g/mol. The van der Waals surface area contributed by atoms with Gasteiger partial charge in [0.25, 0.3) is 11.1 Å². The first-order chi connectivity index (χ1) is 11.6. The molecule has 0 aliphatic carbocycles. The number of hydrogen-bond donors (Lipinski definition) is 0. The van der Waals surface area contributed by atoms with Gasteiger partial charge >= 0.3 is 0 Å². The molecule has 2 saturated heterocycles. The van der Waals surface area contributed by atoms with Gasteiger partial charge in [0.15, 0.2) is 0 Å². The highest BCUT2D eigenvalue weighted by atomic mass is 32.2. The zero-order valence-electron chi connectivity index (χ0n) is 12.9. The van der Waals surface area contributed by atoms with Gasteiger partial charge in [-0.05, 0) is 48.4 Å². The normalized spacial score (nSPS) is 19.2. The molecular weight excluding hydrogens is 326 g/mol. The van der Waals surface area contributed by atoms with E-state index in [2.05, 4.69) is 0 Å². The van der Waals surface area contributed by atoms with Gasteiger partial charge in [-0.15, -0.1) is 0 Å². The van der Waals surface area contributed by atoms with Gasteiger partial charge in [-0.3, -0.25) is 19.3 Å². The summed E-state index contributed by atoms with van der Waals surface area (Å²) in [4.78, 5) is 39.6. The number of benzene rings is 1. The maximum Gasteiger partial charge on any atom is 0.294 e. The van der Waals surface area contributed by atoms with Crippen molar-refractivity contribution in [2.45, 2.75) is 12.8 Å². The number of amides is 3. The summed E-state index contributed by atoms with van der Waals surface area (Å²) < 4.78 is 0. The van der Waals surface area contributed by atoms with Crippen molar-refractivity contribution in [3.63, 3.8) is 0 Å². The molecule has 0 aromatic heterocycles. The number of imide groups is 1. The summed E-state index contributed by atoms with van der Waals surface area (Å²) >= 11 is 0.834. The van der Waals surface area contributed by atoms with E-state index < -0.39 is 11.1 Å². The van der Waals surface area contributed by atoms with Gasteiger partial charge in [-0.2, -0.15) is 5.26 Å². The lowest BCUT2D eigenvalue weighted by molar-refractivity contribution is -0.135. The highest BCUT2D eigenvalue weighted by Gasteiger charge is 2.37. The third-order valence-corrected chi connectivity index (χ3v) is 4.87. The molecule has 2 heterocycles. The number of nitriles is 1. The fourth-order valence-corrected chi connectivity index (χ4v) is 3.48. The largest absolute Gasteiger partial charge is 0.341 e.